The van der Waals surface area contributed by atoms with Crippen LogP contribution in [0, 0.1) is 39.4 Å². The van der Waals surface area contributed by atoms with Crippen LogP contribution < -0.4 is 0 Å². The van der Waals surface area contributed by atoms with Gasteiger partial charge in [-0.15, -0.1) is 0 Å². The van der Waals surface area contributed by atoms with E-state index in [0.717, 1.165) is 0 Å². The molecule has 1 aromatic rings. The Morgan fingerprint density at radius 2 is 1.20 bits per heavy atom. The number of carbonyl (C=O) groups excluding carboxylic acids is 3. The van der Waals surface area contributed by atoms with Crippen molar-refractivity contribution >= 4 is 49.0 Å². The number of esters is 1. The summed E-state index contributed by atoms with van der Waals surface area (Å²) in [6.45, 7) is 14.2. The standard InChI is InChI=1S/C39H56BNO13/c1-36(2,3)35(50)51-22-28-26(18-38(6,7)33(46)47)25(17-37(4,5)32(44)45)27(19-39(8,9)34(48)49)31(52-28)24-13-11-23(12-14-24)15-16-40-53-29(42)20-41(10)21-30(43)54-40/h11-16,25-28,31H,17-22H2,1-10H3,(H,44,45)(H,46,47)(H,48,49)/b16-15+/t25-,26+,27+,28-,31-/m0/s1. The first-order valence-corrected chi connectivity index (χ1v) is 18.1. The number of ether oxygens (including phenoxy) is 2. The second-order valence-electron chi connectivity index (χ2n) is 17.7. The maximum absolute atomic E-state index is 13.0. The molecule has 1 aromatic carbocycles. The summed E-state index contributed by atoms with van der Waals surface area (Å²) >= 11 is 0. The largest absolute Gasteiger partial charge is 0.628 e. The monoisotopic (exact) mass is 757 g/mol. The van der Waals surface area contributed by atoms with E-state index in [2.05, 4.69) is 0 Å². The average molecular weight is 758 g/mol. The third-order valence-electron chi connectivity index (χ3n) is 10.3. The van der Waals surface area contributed by atoms with Crippen LogP contribution in [0.5, 0.6) is 0 Å². The number of carboxylic acids is 3. The van der Waals surface area contributed by atoms with Gasteiger partial charge in [-0.1, -0.05) is 30.3 Å². The number of carboxylic acid groups (broad SMARTS) is 3. The molecule has 0 aliphatic carbocycles. The molecule has 2 heterocycles. The van der Waals surface area contributed by atoms with Crippen molar-refractivity contribution in [1.82, 2.24) is 4.90 Å². The summed E-state index contributed by atoms with van der Waals surface area (Å²) in [5, 5.41) is 30.8. The van der Waals surface area contributed by atoms with Crippen LogP contribution in [-0.2, 0) is 47.5 Å². The molecule has 2 fully saturated rings. The highest BCUT2D eigenvalue weighted by molar-refractivity contribution is 6.55. The summed E-state index contributed by atoms with van der Waals surface area (Å²) in [6, 6.07) is 7.05. The van der Waals surface area contributed by atoms with Crippen LogP contribution >= 0.6 is 0 Å². The first-order valence-electron chi connectivity index (χ1n) is 18.1. The van der Waals surface area contributed by atoms with E-state index in [0.29, 0.717) is 11.1 Å². The zero-order chi connectivity index (χ0) is 41.0. The van der Waals surface area contributed by atoms with Crippen LogP contribution in [0.3, 0.4) is 0 Å². The Balaban J connectivity index is 2.15. The van der Waals surface area contributed by atoms with Crippen molar-refractivity contribution in [1.29, 1.82) is 0 Å². The molecule has 0 aromatic heterocycles. The van der Waals surface area contributed by atoms with E-state index < -0.39 is 94.6 Å². The number of nitrogens with zero attached hydrogens (tertiary/aromatic N) is 1. The molecular formula is C39H56BNO13. The lowest BCUT2D eigenvalue weighted by atomic mass is 9.60. The van der Waals surface area contributed by atoms with Gasteiger partial charge in [-0.2, -0.15) is 0 Å². The molecule has 14 nitrogen and oxygen atoms in total. The molecular weight excluding hydrogens is 701 g/mol. The minimum Gasteiger partial charge on any atom is -0.495 e. The first kappa shape index (κ1) is 44.2. The number of carbonyl (C=O) groups is 6. The molecule has 0 radical (unpaired) electrons. The molecule has 2 saturated heterocycles. The Morgan fingerprint density at radius 3 is 1.65 bits per heavy atom. The Labute approximate surface area is 317 Å². The fourth-order valence-electron chi connectivity index (χ4n) is 6.86. The smallest absolute Gasteiger partial charge is 0.495 e. The summed E-state index contributed by atoms with van der Waals surface area (Å²) in [4.78, 5) is 76.5. The molecule has 3 N–H and O–H groups in total. The maximum atomic E-state index is 13.0. The Hall–Kier alpha value is -4.24. The molecule has 0 saturated carbocycles. The van der Waals surface area contributed by atoms with Gasteiger partial charge in [0, 0.05) is 0 Å². The maximum Gasteiger partial charge on any atom is 0.628 e. The number of rotatable bonds is 14. The van der Waals surface area contributed by atoms with Crippen molar-refractivity contribution in [3.05, 3.63) is 41.4 Å². The zero-order valence-corrected chi connectivity index (χ0v) is 33.0. The van der Waals surface area contributed by atoms with Crippen molar-refractivity contribution in [2.45, 2.75) is 93.8 Å². The van der Waals surface area contributed by atoms with Gasteiger partial charge in [0.25, 0.3) is 0 Å². The van der Waals surface area contributed by atoms with E-state index in [1.165, 1.54) is 10.9 Å². The molecule has 3 rings (SSSR count). The molecule has 0 unspecified atom stereocenters. The molecule has 0 amide bonds. The van der Waals surface area contributed by atoms with Crippen LogP contribution in [-0.4, -0.2) is 96.0 Å². The zero-order valence-electron chi connectivity index (χ0n) is 33.0. The Kier molecular flexibility index (Phi) is 13.9. The fraction of sp³-hybridized carbons (Fsp3) is 0.641. The number of aliphatic carboxylic acids is 3. The van der Waals surface area contributed by atoms with E-state index in [9.17, 15) is 44.1 Å². The van der Waals surface area contributed by atoms with Crippen molar-refractivity contribution in [2.75, 3.05) is 26.7 Å². The molecule has 5 atom stereocenters. The summed E-state index contributed by atoms with van der Waals surface area (Å²) < 4.78 is 23.1. The highest BCUT2D eigenvalue weighted by Crippen LogP contribution is 2.54. The number of likely N-dealkylation sites (N-methyl/N-ethyl adjacent to an activating group) is 1. The van der Waals surface area contributed by atoms with Crippen molar-refractivity contribution in [3.63, 3.8) is 0 Å². The highest BCUT2D eigenvalue weighted by Gasteiger charge is 2.53. The lowest BCUT2D eigenvalue weighted by Gasteiger charge is -2.51. The summed E-state index contributed by atoms with van der Waals surface area (Å²) in [5.74, 6) is -5.26. The van der Waals surface area contributed by atoms with Crippen LogP contribution in [0.2, 0.25) is 0 Å². The van der Waals surface area contributed by atoms with Gasteiger partial charge in [-0.25, -0.2) is 0 Å². The van der Waals surface area contributed by atoms with Gasteiger partial charge in [0.1, 0.15) is 6.61 Å². The SMILES string of the molecule is CN1CC(=O)OB(/C=C/c2ccc([C@@H]3O[C@@H](COC(=O)C(C)(C)C)[C@H](CC(C)(C)C(=O)O)[C@H](CC(C)(C)C(=O)O)[C@H]3CC(C)(C)C(=O)O)cc2)OC(=O)C1. The van der Waals surface area contributed by atoms with Gasteiger partial charge in [-0.05, 0) is 123 Å². The lowest BCUT2D eigenvalue weighted by Crippen LogP contribution is -2.51. The van der Waals surface area contributed by atoms with Crippen molar-refractivity contribution in [3.8, 4) is 0 Å². The van der Waals surface area contributed by atoms with Gasteiger partial charge in [0.15, 0.2) is 0 Å². The summed E-state index contributed by atoms with van der Waals surface area (Å²) in [6.07, 6.45) is 0.0741. The van der Waals surface area contributed by atoms with Gasteiger partial charge >= 0.3 is 42.9 Å². The number of hydrogen-bond acceptors (Lipinski definition) is 11. The summed E-state index contributed by atoms with van der Waals surface area (Å²) in [5.41, 5.74) is -3.47. The molecule has 298 valence electrons. The minimum atomic E-state index is -1.30. The fourth-order valence-corrected chi connectivity index (χ4v) is 6.86. The predicted molar refractivity (Wildman–Crippen MR) is 198 cm³/mol. The van der Waals surface area contributed by atoms with Gasteiger partial charge < -0.3 is 34.1 Å². The minimum absolute atomic E-state index is 0.0352. The van der Waals surface area contributed by atoms with Crippen LogP contribution in [0.4, 0.5) is 0 Å². The van der Waals surface area contributed by atoms with Crippen molar-refractivity contribution < 1.29 is 62.9 Å². The molecule has 0 spiro atoms. The molecule has 2 aliphatic heterocycles. The molecule has 54 heavy (non-hydrogen) atoms. The quantitative estimate of drug-likeness (QED) is 0.166. The van der Waals surface area contributed by atoms with E-state index in [4.69, 9.17) is 18.8 Å². The van der Waals surface area contributed by atoms with Crippen LogP contribution in [0.1, 0.15) is 98.8 Å². The van der Waals surface area contributed by atoms with E-state index in [1.807, 2.05) is 0 Å². The highest BCUT2D eigenvalue weighted by atomic mass is 16.6. The third-order valence-corrected chi connectivity index (χ3v) is 10.3. The van der Waals surface area contributed by atoms with Gasteiger partial charge in [0.2, 0.25) is 0 Å². The number of hydrogen-bond donors (Lipinski definition) is 3. The van der Waals surface area contributed by atoms with E-state index in [1.54, 1.807) is 99.7 Å². The van der Waals surface area contributed by atoms with E-state index >= 15 is 0 Å². The Bertz CT molecular complexity index is 1570. The molecule has 15 heteroatoms. The average Bonchev–Trinajstić information content (AvgIpc) is 3.03. The second kappa shape index (κ2) is 17.1. The predicted octanol–water partition coefficient (Wildman–Crippen LogP) is 5.14. The van der Waals surface area contributed by atoms with Crippen LogP contribution in [0.25, 0.3) is 6.08 Å². The van der Waals surface area contributed by atoms with E-state index in [-0.39, 0.29) is 39.0 Å². The Morgan fingerprint density at radius 1 is 0.759 bits per heavy atom. The second-order valence-corrected chi connectivity index (χ2v) is 17.7. The van der Waals surface area contributed by atoms with Gasteiger partial charge in [0.05, 0.1) is 47.0 Å². The molecule has 2 aliphatic rings. The normalized spacial score (nSPS) is 23.6. The topological polar surface area (TPSA) is 203 Å². The third kappa shape index (κ3) is 11.6. The molecule has 0 bridgehead atoms. The van der Waals surface area contributed by atoms with Gasteiger partial charge in [-0.3, -0.25) is 33.7 Å². The first-order chi connectivity index (χ1) is 24.7. The lowest BCUT2D eigenvalue weighted by molar-refractivity contribution is -0.199. The van der Waals surface area contributed by atoms with Crippen LogP contribution in [0.15, 0.2) is 30.2 Å². The number of benzene rings is 1. The van der Waals surface area contributed by atoms with Crippen molar-refractivity contribution in [2.24, 2.45) is 39.4 Å². The summed E-state index contributed by atoms with van der Waals surface area (Å²) in [7, 11) is 0.362.